The van der Waals surface area contributed by atoms with Crippen molar-refractivity contribution in [3.63, 3.8) is 0 Å². The van der Waals surface area contributed by atoms with Gasteiger partial charge < -0.3 is 29.2 Å². The van der Waals surface area contributed by atoms with Crippen LogP contribution in [-0.4, -0.2) is 102 Å². The third-order valence-corrected chi connectivity index (χ3v) is 14.0. The normalized spacial score (nSPS) is 18.5. The molecule has 2 fully saturated rings. The smallest absolute Gasteiger partial charge is 0.274 e. The molecule has 9 rings (SSSR count). The topological polar surface area (TPSA) is 106 Å². The van der Waals surface area contributed by atoms with E-state index in [1.807, 2.05) is 11.5 Å². The molecular formula is C44H56FN9O3Si. The number of carbonyl (C=O) groups excluding carboxylic acids is 1. The summed E-state index contributed by atoms with van der Waals surface area (Å²) < 4.78 is 31.6. The molecule has 0 saturated carbocycles. The molecule has 58 heavy (non-hydrogen) atoms. The minimum atomic E-state index is -1.29. The Morgan fingerprint density at radius 3 is 2.47 bits per heavy atom. The number of halogens is 1. The van der Waals surface area contributed by atoms with E-state index < -0.39 is 13.9 Å². The Morgan fingerprint density at radius 2 is 1.76 bits per heavy atom. The lowest BCUT2D eigenvalue weighted by Crippen LogP contribution is -2.56. The molecule has 4 aliphatic rings. The number of fused-ring (bicyclic) bond motifs is 4. The van der Waals surface area contributed by atoms with E-state index in [0.717, 1.165) is 69.5 Å². The molecule has 1 aliphatic carbocycles. The van der Waals surface area contributed by atoms with Gasteiger partial charge in [0, 0.05) is 76.6 Å². The zero-order valence-corrected chi connectivity index (χ0v) is 35.8. The summed E-state index contributed by atoms with van der Waals surface area (Å²) in [4.78, 5) is 35.8. The summed E-state index contributed by atoms with van der Waals surface area (Å²) in [5.41, 5.74) is 8.53. The maximum Gasteiger partial charge on any atom is 0.274 e. The van der Waals surface area contributed by atoms with Crippen LogP contribution >= 0.6 is 0 Å². The molecule has 14 heteroatoms. The second-order valence-electron chi connectivity index (χ2n) is 18.4. The third kappa shape index (κ3) is 7.55. The van der Waals surface area contributed by atoms with Crippen LogP contribution in [0.3, 0.4) is 0 Å². The van der Waals surface area contributed by atoms with Gasteiger partial charge >= 0.3 is 0 Å². The number of amides is 1. The average molecular weight is 806 g/mol. The predicted molar refractivity (Wildman–Crippen MR) is 230 cm³/mol. The van der Waals surface area contributed by atoms with Crippen LogP contribution in [0, 0.1) is 11.2 Å². The molecule has 0 atom stereocenters. The predicted octanol–water partition coefficient (Wildman–Crippen LogP) is 7.36. The van der Waals surface area contributed by atoms with Crippen LogP contribution in [0.2, 0.25) is 25.7 Å². The van der Waals surface area contributed by atoms with Crippen molar-refractivity contribution in [3.8, 4) is 11.4 Å². The number of nitrogens with zero attached hydrogens (tertiary/aromatic N) is 8. The lowest BCUT2D eigenvalue weighted by molar-refractivity contribution is -0.0660. The summed E-state index contributed by atoms with van der Waals surface area (Å²) in [7, 11) is -1.29. The fourth-order valence-corrected chi connectivity index (χ4v) is 9.79. The molecule has 5 aromatic rings. The fraction of sp³-hybridized carbons (Fsp3) is 0.500. The zero-order valence-electron chi connectivity index (χ0n) is 34.8. The lowest BCUT2D eigenvalue weighted by atomic mass is 9.90. The summed E-state index contributed by atoms with van der Waals surface area (Å²) in [5, 5.41) is 3.53. The fourth-order valence-electron chi connectivity index (χ4n) is 9.03. The summed E-state index contributed by atoms with van der Waals surface area (Å²) in [6.07, 6.45) is 4.19. The molecule has 306 valence electrons. The maximum atomic E-state index is 15.9. The van der Waals surface area contributed by atoms with Crippen LogP contribution < -0.4 is 15.1 Å². The molecule has 1 N–H and O–H groups in total. The number of imidazole rings is 1. The van der Waals surface area contributed by atoms with Crippen molar-refractivity contribution < 1.29 is 18.7 Å². The molecule has 2 saturated heterocycles. The highest BCUT2D eigenvalue weighted by molar-refractivity contribution is 6.76. The van der Waals surface area contributed by atoms with E-state index in [9.17, 15) is 4.79 Å². The van der Waals surface area contributed by atoms with Crippen LogP contribution in [0.5, 0.6) is 0 Å². The van der Waals surface area contributed by atoms with Crippen molar-refractivity contribution in [2.75, 3.05) is 67.7 Å². The van der Waals surface area contributed by atoms with Gasteiger partial charge in [-0.2, -0.15) is 0 Å². The van der Waals surface area contributed by atoms with Crippen LogP contribution in [0.15, 0.2) is 48.8 Å². The Hall–Kier alpha value is -4.63. The highest BCUT2D eigenvalue weighted by atomic mass is 28.3. The van der Waals surface area contributed by atoms with Gasteiger partial charge in [0.05, 0.1) is 31.3 Å². The van der Waals surface area contributed by atoms with Crippen LogP contribution in [0.25, 0.3) is 22.6 Å². The van der Waals surface area contributed by atoms with Crippen molar-refractivity contribution in [2.45, 2.75) is 85.0 Å². The average Bonchev–Trinajstić information content (AvgIpc) is 3.83. The van der Waals surface area contributed by atoms with Gasteiger partial charge in [-0.15, -0.1) is 0 Å². The van der Waals surface area contributed by atoms with Crippen molar-refractivity contribution in [3.05, 3.63) is 77.1 Å². The number of aromatic nitrogens is 5. The number of carbonyl (C=O) groups is 1. The number of piperazine rings is 1. The Kier molecular flexibility index (Phi) is 10.2. The molecule has 2 aromatic carbocycles. The largest absolute Gasteiger partial charge is 0.378 e. The molecule has 1 amide bonds. The summed E-state index contributed by atoms with van der Waals surface area (Å²) in [5.74, 6) is 0.327. The molecule has 3 aromatic heterocycles. The summed E-state index contributed by atoms with van der Waals surface area (Å²) >= 11 is 0. The maximum absolute atomic E-state index is 15.9. The van der Waals surface area contributed by atoms with Gasteiger partial charge in [-0.1, -0.05) is 40.4 Å². The Bertz CT molecular complexity index is 2340. The molecule has 0 unspecified atom stereocenters. The lowest BCUT2D eigenvalue weighted by Gasteiger charge is -2.43. The number of hydrogen-bond donors (Lipinski definition) is 1. The van der Waals surface area contributed by atoms with E-state index in [0.29, 0.717) is 71.9 Å². The van der Waals surface area contributed by atoms with Gasteiger partial charge in [0.15, 0.2) is 22.8 Å². The van der Waals surface area contributed by atoms with Crippen molar-refractivity contribution in [1.29, 1.82) is 0 Å². The van der Waals surface area contributed by atoms with Gasteiger partial charge in [-0.3, -0.25) is 14.3 Å². The van der Waals surface area contributed by atoms with E-state index in [1.165, 1.54) is 29.1 Å². The molecule has 3 aliphatic heterocycles. The first kappa shape index (κ1) is 38.9. The third-order valence-electron chi connectivity index (χ3n) is 12.3. The van der Waals surface area contributed by atoms with Crippen LogP contribution in [-0.2, 0) is 42.0 Å². The first-order valence-corrected chi connectivity index (χ1v) is 24.7. The van der Waals surface area contributed by atoms with E-state index >= 15 is 4.39 Å². The van der Waals surface area contributed by atoms with Gasteiger partial charge in [0.1, 0.15) is 18.2 Å². The standard InChI is InChI=1S/C44H56FN9O3Si/c1-7-34-35(21-30(45)22-36(34)54-17-16-53-37(43(54)55)20-29-23-44(2,3)24-38(29)53)40-48-41(39-42(49-40)52(27-46-39)28-56-18-19-58(4,5)6)47-31-8-10-32(11-9-31)50-12-14-51(15-13-50)33-25-57-26-33/h8-11,20-22,27,33H,7,12-19,23-26,28H2,1-6H3,(H,47,48,49). The van der Waals surface area contributed by atoms with Gasteiger partial charge in [-0.25, -0.2) is 19.3 Å². The van der Waals surface area contributed by atoms with Crippen molar-refractivity contribution in [2.24, 2.45) is 5.41 Å². The van der Waals surface area contributed by atoms with E-state index in [2.05, 4.69) is 83.5 Å². The van der Waals surface area contributed by atoms with E-state index in [4.69, 9.17) is 24.4 Å². The van der Waals surface area contributed by atoms with Crippen LogP contribution in [0.4, 0.5) is 27.3 Å². The van der Waals surface area contributed by atoms with Gasteiger partial charge in [0.25, 0.3) is 5.91 Å². The first-order valence-electron chi connectivity index (χ1n) is 20.9. The molecule has 6 heterocycles. The second kappa shape index (κ2) is 15.2. The van der Waals surface area contributed by atoms with E-state index in [1.54, 1.807) is 11.2 Å². The molecule has 0 spiro atoms. The first-order chi connectivity index (χ1) is 27.8. The Balaban J connectivity index is 1.04. The molecule has 0 radical (unpaired) electrons. The number of nitrogens with one attached hydrogen (secondary N) is 1. The van der Waals surface area contributed by atoms with Crippen molar-refractivity contribution >= 4 is 48.0 Å². The molecular weight excluding hydrogens is 750 g/mol. The minimum Gasteiger partial charge on any atom is -0.378 e. The number of hydrogen-bond acceptors (Lipinski definition) is 9. The minimum absolute atomic E-state index is 0.102. The number of rotatable bonds is 12. The number of anilines is 4. The summed E-state index contributed by atoms with van der Waals surface area (Å²) in [6.45, 7) is 21.3. The SMILES string of the molecule is CCc1c(-c2nc(Nc3ccc(N4CCN(C5COC5)CC4)cc3)c3ncn(COCC[Si](C)(C)C)c3n2)cc(F)cc1N1CCn2c(cc3c2CC(C)(C)C3)C1=O. The van der Waals surface area contributed by atoms with Gasteiger partial charge in [-0.05, 0) is 84.3 Å². The van der Waals surface area contributed by atoms with E-state index in [-0.39, 0.29) is 18.1 Å². The summed E-state index contributed by atoms with van der Waals surface area (Å²) in [6, 6.07) is 15.1. The monoisotopic (exact) mass is 805 g/mol. The number of benzene rings is 2. The molecule has 12 nitrogen and oxygen atoms in total. The highest BCUT2D eigenvalue weighted by Crippen LogP contribution is 2.41. The van der Waals surface area contributed by atoms with Gasteiger partial charge in [0.2, 0.25) is 0 Å². The van der Waals surface area contributed by atoms with Crippen LogP contribution in [0.1, 0.15) is 48.1 Å². The molecule has 0 bridgehead atoms. The quantitative estimate of drug-likeness (QED) is 0.102. The Labute approximate surface area is 341 Å². The Morgan fingerprint density at radius 1 is 0.983 bits per heavy atom. The second-order valence-corrected chi connectivity index (χ2v) is 24.1. The van der Waals surface area contributed by atoms with Crippen molar-refractivity contribution in [1.82, 2.24) is 29.0 Å². The zero-order chi connectivity index (χ0) is 40.3. The number of ether oxygens (including phenoxy) is 2. The highest BCUT2D eigenvalue weighted by Gasteiger charge is 2.37.